The summed E-state index contributed by atoms with van der Waals surface area (Å²) in [5.74, 6) is -0.696. The summed E-state index contributed by atoms with van der Waals surface area (Å²) in [4.78, 5) is 25.0. The average molecular weight is 380 g/mol. The number of ether oxygens (including phenoxy) is 1. The molecule has 0 radical (unpaired) electrons. The number of anilines is 1. The second kappa shape index (κ2) is 6.04. The van der Waals surface area contributed by atoms with Gasteiger partial charge in [0.1, 0.15) is 5.75 Å². The quantitative estimate of drug-likeness (QED) is 0.864. The molecule has 0 saturated heterocycles. The molecule has 27 heavy (non-hydrogen) atoms. The van der Waals surface area contributed by atoms with Crippen molar-refractivity contribution < 1.29 is 27.2 Å². The number of hydrogen-bond donors (Lipinski definition) is 1. The molecule has 2 aromatic rings. The van der Waals surface area contributed by atoms with Gasteiger partial charge in [-0.15, -0.1) is 13.2 Å². The maximum atomic E-state index is 12.6. The van der Waals surface area contributed by atoms with Crippen LogP contribution in [0, 0.1) is 0 Å². The van der Waals surface area contributed by atoms with Gasteiger partial charge in [-0.1, -0.05) is 12.1 Å². The van der Waals surface area contributed by atoms with Crippen molar-refractivity contribution in [2.45, 2.75) is 31.5 Å². The third kappa shape index (κ3) is 3.02. The highest BCUT2D eigenvalue weighted by Gasteiger charge is 2.39. The lowest BCUT2D eigenvalue weighted by Crippen LogP contribution is -2.29. The Balaban J connectivity index is 1.83. The van der Waals surface area contributed by atoms with E-state index in [2.05, 4.69) is 10.1 Å². The van der Waals surface area contributed by atoms with Crippen LogP contribution < -0.4 is 15.7 Å². The van der Waals surface area contributed by atoms with Crippen LogP contribution in [0.4, 0.5) is 19.0 Å². The lowest BCUT2D eigenvalue weighted by molar-refractivity contribution is -0.274. The highest BCUT2D eigenvalue weighted by molar-refractivity contribution is 6.00. The number of rotatable bonds is 2. The van der Waals surface area contributed by atoms with Crippen LogP contribution in [-0.2, 0) is 11.8 Å². The second-order valence-electron chi connectivity index (χ2n) is 6.48. The molecule has 1 aliphatic heterocycles. The summed E-state index contributed by atoms with van der Waals surface area (Å²) >= 11 is 0. The molecule has 2 aliphatic rings. The fourth-order valence-electron chi connectivity index (χ4n) is 3.70. The van der Waals surface area contributed by atoms with Gasteiger partial charge in [-0.05, 0) is 30.5 Å². The SMILES string of the molecule is Cn1oc(=O)c2c1NC1=C(C(=O)CCC1)C2c1ccc(OC(F)(F)F)cc1. The van der Waals surface area contributed by atoms with Crippen LogP contribution >= 0.6 is 0 Å². The number of Topliss-reactive ketones (excluding diaryl/α,β-unsaturated/α-hetero) is 1. The van der Waals surface area contributed by atoms with Crippen LogP contribution in [0.1, 0.15) is 36.3 Å². The Hall–Kier alpha value is -2.97. The van der Waals surface area contributed by atoms with Crippen LogP contribution in [0.25, 0.3) is 0 Å². The van der Waals surface area contributed by atoms with Gasteiger partial charge in [0.25, 0.3) is 0 Å². The summed E-state index contributed by atoms with van der Waals surface area (Å²) < 4.78 is 47.5. The van der Waals surface area contributed by atoms with E-state index in [0.717, 1.165) is 5.70 Å². The van der Waals surface area contributed by atoms with Crippen LogP contribution in [0.15, 0.2) is 44.9 Å². The number of carbonyl (C=O) groups excluding carboxylic acids is 1. The molecule has 142 valence electrons. The number of nitrogens with one attached hydrogen (secondary N) is 1. The molecule has 0 amide bonds. The van der Waals surface area contributed by atoms with Crippen molar-refractivity contribution >= 4 is 11.6 Å². The summed E-state index contributed by atoms with van der Waals surface area (Å²) in [6, 6.07) is 5.20. The van der Waals surface area contributed by atoms with Crippen molar-refractivity contribution in [3.8, 4) is 5.75 Å². The molecule has 0 fully saturated rings. The van der Waals surface area contributed by atoms with Crippen LogP contribution in [0.2, 0.25) is 0 Å². The number of fused-ring (bicyclic) bond motifs is 1. The molecule has 0 bridgehead atoms. The van der Waals surface area contributed by atoms with Crippen LogP contribution in [0.3, 0.4) is 0 Å². The number of ketones is 1. The standard InChI is InChI=1S/C18H15F3N2O4/c1-23-16-15(17(25)27-23)13(14-11(22-16)3-2-4-12(14)24)9-5-7-10(8-6-9)26-18(19,20)21/h5-8,13,22H,2-4H2,1H3. The van der Waals surface area contributed by atoms with E-state index in [-0.39, 0.29) is 17.1 Å². The largest absolute Gasteiger partial charge is 0.573 e. The number of aryl methyl sites for hydroxylation is 1. The van der Waals surface area contributed by atoms with Gasteiger partial charge < -0.3 is 14.6 Å². The minimum absolute atomic E-state index is 0.0849. The zero-order chi connectivity index (χ0) is 19.3. The van der Waals surface area contributed by atoms with Gasteiger partial charge in [0.05, 0.1) is 11.5 Å². The first-order valence-corrected chi connectivity index (χ1v) is 8.34. The average Bonchev–Trinajstić information content (AvgIpc) is 2.87. The molecule has 1 unspecified atom stereocenters. The van der Waals surface area contributed by atoms with E-state index >= 15 is 0 Å². The minimum Gasteiger partial charge on any atom is -0.406 e. The normalized spacial score (nSPS) is 19.4. The molecule has 6 nitrogen and oxygen atoms in total. The number of hydrogen-bond acceptors (Lipinski definition) is 5. The topological polar surface area (TPSA) is 73.5 Å². The zero-order valence-corrected chi connectivity index (χ0v) is 14.2. The first kappa shape index (κ1) is 17.4. The van der Waals surface area contributed by atoms with E-state index < -0.39 is 17.9 Å². The smallest absolute Gasteiger partial charge is 0.406 e. The third-order valence-electron chi connectivity index (χ3n) is 4.76. The Bertz CT molecular complexity index is 999. The Morgan fingerprint density at radius 3 is 2.56 bits per heavy atom. The van der Waals surface area contributed by atoms with Crippen molar-refractivity contribution in [2.75, 3.05) is 5.32 Å². The van der Waals surface area contributed by atoms with Crippen molar-refractivity contribution in [3.63, 3.8) is 0 Å². The van der Waals surface area contributed by atoms with Gasteiger partial charge in [-0.25, -0.2) is 4.79 Å². The Morgan fingerprint density at radius 1 is 1.19 bits per heavy atom. The first-order valence-electron chi connectivity index (χ1n) is 8.34. The predicted octanol–water partition coefficient (Wildman–Crippen LogP) is 3.44. The molecular formula is C18H15F3N2O4. The molecular weight excluding hydrogens is 365 g/mol. The van der Waals surface area contributed by atoms with E-state index in [1.807, 2.05) is 0 Å². The maximum absolute atomic E-state index is 12.6. The molecule has 1 aromatic heterocycles. The predicted molar refractivity (Wildman–Crippen MR) is 88.4 cm³/mol. The van der Waals surface area contributed by atoms with Gasteiger partial charge in [0, 0.05) is 24.7 Å². The number of alkyl halides is 3. The van der Waals surface area contributed by atoms with Gasteiger partial charge in [-0.2, -0.15) is 4.74 Å². The Kier molecular flexibility index (Phi) is 3.90. The number of nitrogens with zero attached hydrogens (tertiary/aromatic N) is 1. The van der Waals surface area contributed by atoms with E-state index in [0.29, 0.717) is 36.2 Å². The minimum atomic E-state index is -4.79. The van der Waals surface area contributed by atoms with Crippen molar-refractivity contribution in [1.29, 1.82) is 0 Å². The Morgan fingerprint density at radius 2 is 1.89 bits per heavy atom. The fourth-order valence-corrected chi connectivity index (χ4v) is 3.70. The monoisotopic (exact) mass is 380 g/mol. The molecule has 1 N–H and O–H groups in total. The van der Waals surface area contributed by atoms with E-state index in [4.69, 9.17) is 4.52 Å². The van der Waals surface area contributed by atoms with Crippen LogP contribution in [0.5, 0.6) is 5.75 Å². The van der Waals surface area contributed by atoms with E-state index in [1.165, 1.54) is 29.0 Å². The molecule has 9 heteroatoms. The maximum Gasteiger partial charge on any atom is 0.573 e. The van der Waals surface area contributed by atoms with Gasteiger partial charge in [0.15, 0.2) is 11.6 Å². The molecule has 4 rings (SSSR count). The molecule has 1 atom stereocenters. The summed E-state index contributed by atoms with van der Waals surface area (Å²) in [6.07, 6.45) is -3.10. The number of aromatic nitrogens is 1. The lowest BCUT2D eigenvalue weighted by atomic mass is 9.77. The summed E-state index contributed by atoms with van der Waals surface area (Å²) in [7, 11) is 1.57. The highest BCUT2D eigenvalue weighted by atomic mass is 19.4. The van der Waals surface area contributed by atoms with Crippen molar-refractivity contribution in [2.24, 2.45) is 7.05 Å². The van der Waals surface area contributed by atoms with E-state index in [9.17, 15) is 22.8 Å². The highest BCUT2D eigenvalue weighted by Crippen LogP contribution is 2.44. The molecule has 1 aromatic carbocycles. The second-order valence-corrected chi connectivity index (χ2v) is 6.48. The molecule has 0 spiro atoms. The first-order chi connectivity index (χ1) is 12.7. The van der Waals surface area contributed by atoms with E-state index in [1.54, 1.807) is 7.05 Å². The summed E-state index contributed by atoms with van der Waals surface area (Å²) in [5, 5.41) is 3.12. The summed E-state index contributed by atoms with van der Waals surface area (Å²) in [6.45, 7) is 0. The number of allylic oxidation sites excluding steroid dienone is 2. The lowest BCUT2D eigenvalue weighted by Gasteiger charge is -2.31. The molecule has 2 heterocycles. The van der Waals surface area contributed by atoms with Gasteiger partial charge in [0.2, 0.25) is 0 Å². The fraction of sp³-hybridized carbons (Fsp3) is 0.333. The van der Waals surface area contributed by atoms with Gasteiger partial charge >= 0.3 is 12.0 Å². The van der Waals surface area contributed by atoms with Crippen LogP contribution in [-0.4, -0.2) is 16.9 Å². The van der Waals surface area contributed by atoms with Gasteiger partial charge in [-0.3, -0.25) is 4.79 Å². The molecule has 0 saturated carbocycles. The zero-order valence-electron chi connectivity index (χ0n) is 14.2. The Labute approximate surface area is 151 Å². The molecule has 1 aliphatic carbocycles. The number of halogens is 3. The third-order valence-corrected chi connectivity index (χ3v) is 4.76. The van der Waals surface area contributed by atoms with Crippen molar-refractivity contribution in [1.82, 2.24) is 4.74 Å². The van der Waals surface area contributed by atoms with Crippen molar-refractivity contribution in [3.05, 3.63) is 57.1 Å². The summed E-state index contributed by atoms with van der Waals surface area (Å²) in [5.41, 5.74) is 1.39. The number of carbonyl (C=O) groups is 1. The number of benzene rings is 1.